The van der Waals surface area contributed by atoms with E-state index in [1.54, 1.807) is 17.9 Å². The Morgan fingerprint density at radius 2 is 1.63 bits per heavy atom. The second-order valence-corrected chi connectivity index (χ2v) is 9.81. The molecule has 0 radical (unpaired) electrons. The van der Waals surface area contributed by atoms with Gasteiger partial charge in [0.15, 0.2) is 5.78 Å². The van der Waals surface area contributed by atoms with Crippen LogP contribution in [0.2, 0.25) is 0 Å². The van der Waals surface area contributed by atoms with Crippen LogP contribution in [0, 0.1) is 0 Å². The molecular formula is C20H28N4O5S. The molecule has 2 saturated heterocycles. The summed E-state index contributed by atoms with van der Waals surface area (Å²) in [6.45, 7) is 5.92. The molecule has 0 atom stereocenters. The molecule has 30 heavy (non-hydrogen) atoms. The zero-order valence-corrected chi connectivity index (χ0v) is 18.1. The number of amides is 1. The number of benzene rings is 1. The molecule has 10 heteroatoms. The van der Waals surface area contributed by atoms with Gasteiger partial charge in [-0.3, -0.25) is 14.5 Å². The van der Waals surface area contributed by atoms with Crippen molar-refractivity contribution >= 4 is 27.6 Å². The summed E-state index contributed by atoms with van der Waals surface area (Å²) in [5.41, 5.74) is 2.56. The molecule has 3 aliphatic rings. The predicted octanol–water partition coefficient (Wildman–Crippen LogP) is -0.0271. The molecule has 164 valence electrons. The number of carbonyl (C=O) groups is 2. The highest BCUT2D eigenvalue weighted by Gasteiger charge is 2.33. The molecule has 0 bridgehead atoms. The molecule has 0 spiro atoms. The van der Waals surface area contributed by atoms with E-state index in [1.165, 1.54) is 8.61 Å². The summed E-state index contributed by atoms with van der Waals surface area (Å²) in [7, 11) is -3.47. The molecule has 1 aromatic rings. The molecule has 1 amide bonds. The molecule has 0 saturated carbocycles. The Bertz CT molecular complexity index is 921. The van der Waals surface area contributed by atoms with Gasteiger partial charge in [0.2, 0.25) is 5.91 Å². The SMILES string of the molecule is CC(=O)N1CCc2cc(C(=O)CN3CCN(S(=O)(=O)N4CCOCC4)CC3)ccc21. The fourth-order valence-electron chi connectivity index (χ4n) is 4.26. The summed E-state index contributed by atoms with van der Waals surface area (Å²) >= 11 is 0. The maximum Gasteiger partial charge on any atom is 0.282 e. The number of nitrogens with zero attached hydrogens (tertiary/aromatic N) is 4. The Balaban J connectivity index is 1.33. The molecule has 0 N–H and O–H groups in total. The average molecular weight is 437 g/mol. The van der Waals surface area contributed by atoms with E-state index >= 15 is 0 Å². The van der Waals surface area contributed by atoms with Crippen LogP contribution < -0.4 is 4.90 Å². The summed E-state index contributed by atoms with van der Waals surface area (Å²) in [6, 6.07) is 5.52. The summed E-state index contributed by atoms with van der Waals surface area (Å²) in [5, 5.41) is 0. The van der Waals surface area contributed by atoms with Gasteiger partial charge >= 0.3 is 0 Å². The van der Waals surface area contributed by atoms with Crippen LogP contribution in [0.1, 0.15) is 22.8 Å². The highest BCUT2D eigenvalue weighted by Crippen LogP contribution is 2.29. The zero-order chi connectivity index (χ0) is 21.3. The molecule has 0 aliphatic carbocycles. The second-order valence-electron chi connectivity index (χ2n) is 7.88. The largest absolute Gasteiger partial charge is 0.379 e. The maximum atomic E-state index is 12.8. The van der Waals surface area contributed by atoms with Crippen molar-refractivity contribution in [1.29, 1.82) is 0 Å². The molecule has 4 rings (SSSR count). The van der Waals surface area contributed by atoms with E-state index in [-0.39, 0.29) is 18.2 Å². The number of Topliss-reactive ketones (excluding diaryl/α,β-unsaturated/α-hetero) is 1. The van der Waals surface area contributed by atoms with E-state index in [2.05, 4.69) is 0 Å². The van der Waals surface area contributed by atoms with Crippen LogP contribution in [0.5, 0.6) is 0 Å². The summed E-state index contributed by atoms with van der Waals surface area (Å²) in [6.07, 6.45) is 0.758. The smallest absolute Gasteiger partial charge is 0.282 e. The van der Waals surface area contributed by atoms with E-state index < -0.39 is 10.2 Å². The Morgan fingerprint density at radius 3 is 2.30 bits per heavy atom. The van der Waals surface area contributed by atoms with Gasteiger partial charge in [-0.15, -0.1) is 0 Å². The van der Waals surface area contributed by atoms with Crippen LogP contribution in [0.25, 0.3) is 0 Å². The molecule has 2 fully saturated rings. The standard InChI is InChI=1S/C20H28N4O5S/c1-16(25)24-5-4-17-14-18(2-3-19(17)24)20(26)15-21-6-8-22(9-7-21)30(27,28)23-10-12-29-13-11-23/h2-3,14H,4-13,15H2,1H3. The quantitative estimate of drug-likeness (QED) is 0.603. The van der Waals surface area contributed by atoms with Crippen molar-refractivity contribution < 1.29 is 22.7 Å². The maximum absolute atomic E-state index is 12.8. The fraction of sp³-hybridized carbons (Fsp3) is 0.600. The van der Waals surface area contributed by atoms with Gasteiger partial charge in [0.1, 0.15) is 0 Å². The monoisotopic (exact) mass is 436 g/mol. The molecule has 9 nitrogen and oxygen atoms in total. The van der Waals surface area contributed by atoms with Crippen LogP contribution in [-0.2, 0) is 26.2 Å². The molecule has 0 unspecified atom stereocenters. The lowest BCUT2D eigenvalue weighted by Gasteiger charge is -2.37. The number of rotatable bonds is 5. The van der Waals surface area contributed by atoms with Gasteiger partial charge in [-0.2, -0.15) is 17.0 Å². The van der Waals surface area contributed by atoms with Crippen molar-refractivity contribution in [2.45, 2.75) is 13.3 Å². The lowest BCUT2D eigenvalue weighted by atomic mass is 10.0. The van der Waals surface area contributed by atoms with Crippen molar-refractivity contribution in [3.8, 4) is 0 Å². The lowest BCUT2D eigenvalue weighted by Crippen LogP contribution is -2.55. The first-order valence-corrected chi connectivity index (χ1v) is 11.8. The van der Waals surface area contributed by atoms with E-state index in [0.29, 0.717) is 64.6 Å². The molecule has 1 aromatic carbocycles. The van der Waals surface area contributed by atoms with Crippen molar-refractivity contribution in [3.63, 3.8) is 0 Å². The average Bonchev–Trinajstić information content (AvgIpc) is 3.18. The minimum absolute atomic E-state index is 0.0118. The molecule has 3 heterocycles. The van der Waals surface area contributed by atoms with Crippen molar-refractivity contribution in [2.75, 3.05) is 70.5 Å². The van der Waals surface area contributed by atoms with Gasteiger partial charge in [-0.25, -0.2) is 0 Å². The number of anilines is 1. The Morgan fingerprint density at radius 1 is 0.967 bits per heavy atom. The van der Waals surface area contributed by atoms with E-state index in [1.807, 2.05) is 17.0 Å². The van der Waals surface area contributed by atoms with Gasteiger partial charge in [-0.1, -0.05) is 0 Å². The Hall–Kier alpha value is -1.85. The predicted molar refractivity (Wildman–Crippen MR) is 112 cm³/mol. The lowest BCUT2D eigenvalue weighted by molar-refractivity contribution is -0.116. The number of hydrogen-bond donors (Lipinski definition) is 0. The topological polar surface area (TPSA) is 90.5 Å². The van der Waals surface area contributed by atoms with Gasteiger partial charge in [0.25, 0.3) is 10.2 Å². The molecular weight excluding hydrogens is 408 g/mol. The van der Waals surface area contributed by atoms with Crippen LogP contribution >= 0.6 is 0 Å². The third kappa shape index (κ3) is 4.28. The van der Waals surface area contributed by atoms with E-state index in [9.17, 15) is 18.0 Å². The fourth-order valence-corrected chi connectivity index (χ4v) is 5.82. The van der Waals surface area contributed by atoms with E-state index in [0.717, 1.165) is 17.7 Å². The summed E-state index contributed by atoms with van der Waals surface area (Å²) in [4.78, 5) is 28.2. The first-order valence-electron chi connectivity index (χ1n) is 10.4. The third-order valence-corrected chi connectivity index (χ3v) is 8.03. The minimum atomic E-state index is -3.47. The van der Waals surface area contributed by atoms with Gasteiger partial charge < -0.3 is 9.64 Å². The van der Waals surface area contributed by atoms with Crippen LogP contribution in [0.15, 0.2) is 18.2 Å². The van der Waals surface area contributed by atoms with Gasteiger partial charge in [0.05, 0.1) is 19.8 Å². The van der Waals surface area contributed by atoms with Gasteiger partial charge in [0, 0.05) is 64.0 Å². The second kappa shape index (κ2) is 8.72. The highest BCUT2D eigenvalue weighted by atomic mass is 32.2. The highest BCUT2D eigenvalue weighted by molar-refractivity contribution is 7.86. The van der Waals surface area contributed by atoms with Crippen LogP contribution in [0.3, 0.4) is 0 Å². The first-order chi connectivity index (χ1) is 14.4. The van der Waals surface area contributed by atoms with E-state index in [4.69, 9.17) is 4.74 Å². The number of piperazine rings is 1. The third-order valence-electron chi connectivity index (χ3n) is 6.00. The Kier molecular flexibility index (Phi) is 6.21. The minimum Gasteiger partial charge on any atom is -0.379 e. The van der Waals surface area contributed by atoms with Crippen molar-refractivity contribution in [3.05, 3.63) is 29.3 Å². The number of hydrogen-bond acceptors (Lipinski definition) is 6. The first kappa shape index (κ1) is 21.4. The number of ketones is 1. The number of carbonyl (C=O) groups excluding carboxylic acids is 2. The summed E-state index contributed by atoms with van der Waals surface area (Å²) in [5.74, 6) is 0.0290. The van der Waals surface area contributed by atoms with Gasteiger partial charge in [-0.05, 0) is 30.2 Å². The van der Waals surface area contributed by atoms with Crippen molar-refractivity contribution in [2.24, 2.45) is 0 Å². The zero-order valence-electron chi connectivity index (χ0n) is 17.2. The van der Waals surface area contributed by atoms with Crippen LogP contribution in [0.4, 0.5) is 5.69 Å². The van der Waals surface area contributed by atoms with Crippen LogP contribution in [-0.4, -0.2) is 99.2 Å². The molecule has 3 aliphatic heterocycles. The number of ether oxygens (including phenoxy) is 1. The number of fused-ring (bicyclic) bond motifs is 1. The Labute approximate surface area is 177 Å². The molecule has 0 aromatic heterocycles. The number of morpholine rings is 1. The van der Waals surface area contributed by atoms with Crippen molar-refractivity contribution in [1.82, 2.24) is 13.5 Å². The summed E-state index contributed by atoms with van der Waals surface area (Å²) < 4.78 is 33.7. The normalized spacial score (nSPS) is 21.6.